The number of benzene rings is 2. The third-order valence-corrected chi connectivity index (χ3v) is 17.7. The molecular weight excluding hydrogens is 592 g/mol. The molecule has 0 N–H and O–H groups in total. The third kappa shape index (κ3) is 3.29. The molecule has 0 unspecified atom stereocenters. The van der Waals surface area contributed by atoms with E-state index in [2.05, 4.69) is 93.3 Å². The van der Waals surface area contributed by atoms with Crippen LogP contribution >= 0.6 is 0 Å². The molecule has 180 valence electrons. The van der Waals surface area contributed by atoms with Gasteiger partial charge in [-0.3, -0.25) is 0 Å². The van der Waals surface area contributed by atoms with E-state index in [0.717, 1.165) is 4.44 Å². The number of carbonyl (C=O) groups excluding carboxylic acids is 2. The normalized spacial score (nSPS) is 15.9. The van der Waals surface area contributed by atoms with Crippen molar-refractivity contribution in [2.24, 2.45) is 0 Å². The van der Waals surface area contributed by atoms with Crippen molar-refractivity contribution in [2.45, 2.75) is 38.8 Å². The fourth-order valence-electron chi connectivity index (χ4n) is 6.32. The first-order chi connectivity index (χ1) is 17.4. The van der Waals surface area contributed by atoms with Gasteiger partial charge in [0.15, 0.2) is 0 Å². The molecule has 2 aromatic carbocycles. The second-order valence-corrected chi connectivity index (χ2v) is 19.1. The van der Waals surface area contributed by atoms with Crippen LogP contribution in [0, 0.1) is 0 Å². The van der Waals surface area contributed by atoms with E-state index < -0.39 is 8.07 Å². The van der Waals surface area contributed by atoms with Crippen LogP contribution < -0.4 is 15.3 Å². The van der Waals surface area contributed by atoms with Gasteiger partial charge >= 0.3 is 226 Å². The fraction of sp³-hybridized carbons (Fsp3) is 0.200. The Morgan fingerprint density at radius 2 is 1.28 bits per heavy atom. The van der Waals surface area contributed by atoms with E-state index in [1.807, 2.05) is 16.0 Å². The van der Waals surface area contributed by atoms with Gasteiger partial charge in [0.05, 0.1) is 0 Å². The molecule has 0 fully saturated rings. The molecule has 0 spiro atoms. The monoisotopic (exact) mass is 621 g/mol. The van der Waals surface area contributed by atoms with Crippen molar-refractivity contribution in [3.8, 4) is 0 Å². The molecule has 1 aliphatic carbocycles. The van der Waals surface area contributed by atoms with Crippen LogP contribution in [0.25, 0.3) is 6.08 Å². The van der Waals surface area contributed by atoms with Crippen molar-refractivity contribution in [1.82, 2.24) is 0 Å². The van der Waals surface area contributed by atoms with Crippen LogP contribution in [0.4, 0.5) is 15.9 Å². The van der Waals surface area contributed by atoms with Gasteiger partial charge in [0.25, 0.3) is 0 Å². The molecule has 0 radical (unpaired) electrons. The summed E-state index contributed by atoms with van der Waals surface area (Å²) in [5.74, 6) is -0.205. The van der Waals surface area contributed by atoms with Crippen LogP contribution in [0.5, 0.6) is 0 Å². The summed E-state index contributed by atoms with van der Waals surface area (Å²) in [6.07, 6.45) is 1.85. The second kappa shape index (κ2) is 8.83. The van der Waals surface area contributed by atoms with Crippen LogP contribution in [0.3, 0.4) is 0 Å². The van der Waals surface area contributed by atoms with Crippen LogP contribution in [0.1, 0.15) is 52.8 Å². The number of hydrogen-bond donors (Lipinski definition) is 0. The fourth-order valence-corrected chi connectivity index (χ4v) is 16.2. The van der Waals surface area contributed by atoms with Crippen LogP contribution in [0.2, 0.25) is 11.1 Å². The van der Waals surface area contributed by atoms with Crippen LogP contribution in [-0.4, -0.2) is 48.6 Å². The third-order valence-electron chi connectivity index (χ3n) is 7.76. The van der Waals surface area contributed by atoms with Gasteiger partial charge in [-0.25, -0.2) is 0 Å². The predicted molar refractivity (Wildman–Crippen MR) is 153 cm³/mol. The van der Waals surface area contributed by atoms with Crippen molar-refractivity contribution in [3.05, 3.63) is 91.7 Å². The van der Waals surface area contributed by atoms with E-state index in [-0.39, 0.29) is 40.6 Å². The van der Waals surface area contributed by atoms with E-state index in [1.165, 1.54) is 26.3 Å². The molecule has 0 bridgehead atoms. The number of Topliss-reactive ketones (excluding diaryl/α,β-unsaturated/α-hetero) is 2. The molecule has 2 aromatic heterocycles. The molecule has 6 rings (SSSR count). The van der Waals surface area contributed by atoms with Gasteiger partial charge in [0.2, 0.25) is 0 Å². The van der Waals surface area contributed by atoms with Gasteiger partial charge < -0.3 is 0 Å². The maximum atomic E-state index is 12.9. The average molecular weight is 620 g/mol. The summed E-state index contributed by atoms with van der Waals surface area (Å²) in [5.41, 5.74) is 5.28. The zero-order valence-electron chi connectivity index (χ0n) is 20.7. The Bertz CT molecular complexity index is 1470. The number of hydrogen-bond acceptors (Lipinski definition) is 3. The van der Waals surface area contributed by atoms with Crippen molar-refractivity contribution in [1.29, 1.82) is 0 Å². The Labute approximate surface area is 225 Å². The summed E-state index contributed by atoms with van der Waals surface area (Å²) >= 11 is 0.113. The Kier molecular flexibility index (Phi) is 5.86. The molecule has 6 heteroatoms. The van der Waals surface area contributed by atoms with Crippen LogP contribution in [0.15, 0.2) is 76.1 Å². The quantitative estimate of drug-likeness (QED) is 0.174. The molecule has 0 amide bonds. The second-order valence-electron chi connectivity index (χ2n) is 10.1. The van der Waals surface area contributed by atoms with Gasteiger partial charge in [0, 0.05) is 0 Å². The van der Waals surface area contributed by atoms with Gasteiger partial charge in [0.1, 0.15) is 0 Å². The number of fused-ring (bicyclic) bond motifs is 3. The summed E-state index contributed by atoms with van der Waals surface area (Å²) in [6.45, 7) is 9.60. The number of para-hydroxylation sites is 2. The van der Waals surface area contributed by atoms with Gasteiger partial charge in [-0.1, -0.05) is 0 Å². The van der Waals surface area contributed by atoms with Crippen LogP contribution in [-0.2, 0) is 0 Å². The van der Waals surface area contributed by atoms with Crippen molar-refractivity contribution in [3.63, 3.8) is 0 Å². The Morgan fingerprint density at radius 1 is 0.750 bits per heavy atom. The number of rotatable bonds is 4. The first kappa shape index (κ1) is 23.9. The van der Waals surface area contributed by atoms with Crippen molar-refractivity contribution in [2.75, 3.05) is 4.90 Å². The molecule has 36 heavy (non-hydrogen) atoms. The first-order valence-corrected chi connectivity index (χ1v) is 18.2. The summed E-state index contributed by atoms with van der Waals surface area (Å²) in [4.78, 5) is 32.0. The van der Waals surface area contributed by atoms with Gasteiger partial charge in [-0.15, -0.1) is 0 Å². The molecule has 0 saturated heterocycles. The molecule has 0 atom stereocenters. The number of allylic oxidation sites excluding steroid dienone is 1. The SMILES string of the molecule is CC(C)[Si]1(C(C)C)c2ccccc2N(c2ccc(C=C3C(=O)c4c[se]cc4C3=O)[se]2)c2ccccc21. The predicted octanol–water partition coefficient (Wildman–Crippen LogP) is 5.43. The topological polar surface area (TPSA) is 37.4 Å². The minimum atomic E-state index is -2.04. The Balaban J connectivity index is 1.49. The minimum absolute atomic E-state index is 0.0185. The van der Waals surface area contributed by atoms with E-state index in [0.29, 0.717) is 27.8 Å². The molecule has 1 aliphatic heterocycles. The van der Waals surface area contributed by atoms with Crippen molar-refractivity contribution >= 4 is 81.0 Å². The molecule has 3 nitrogen and oxygen atoms in total. The number of nitrogens with zero attached hydrogens (tertiary/aromatic N) is 1. The summed E-state index contributed by atoms with van der Waals surface area (Å²) in [7, 11) is -2.04. The van der Waals surface area contributed by atoms with E-state index in [1.54, 1.807) is 0 Å². The number of carbonyl (C=O) groups is 2. The molecule has 4 aromatic rings. The zero-order valence-corrected chi connectivity index (χ0v) is 25.2. The molecule has 0 saturated carbocycles. The number of anilines is 3. The van der Waals surface area contributed by atoms with Crippen molar-refractivity contribution < 1.29 is 9.59 Å². The zero-order chi connectivity index (χ0) is 25.2. The molecule has 2 aliphatic rings. The van der Waals surface area contributed by atoms with E-state index in [9.17, 15) is 9.59 Å². The Hall–Kier alpha value is -2.46. The number of ketones is 2. The summed E-state index contributed by atoms with van der Waals surface area (Å²) in [6, 6.07) is 22.2. The molecule has 3 heterocycles. The standard InChI is InChI=1S/C30H27NO2Se2Si/c1-18(2)36(19(3)4)26-11-7-5-9-24(26)31(25-10-6-8-12-27(25)36)28-14-13-20(35-28)15-21-29(32)22-16-34-17-23(22)30(21)33/h5-19H,1-4H3. The average Bonchev–Trinajstić information content (AvgIpc) is 3.58. The maximum absolute atomic E-state index is 12.9. The summed E-state index contributed by atoms with van der Waals surface area (Å²) < 4.78 is 2.31. The van der Waals surface area contributed by atoms with Gasteiger partial charge in [-0.05, 0) is 0 Å². The first-order valence-electron chi connectivity index (χ1n) is 12.3. The Morgan fingerprint density at radius 3 is 1.81 bits per heavy atom. The summed E-state index contributed by atoms with van der Waals surface area (Å²) in [5, 5.41) is 3.01. The van der Waals surface area contributed by atoms with E-state index >= 15 is 0 Å². The van der Waals surface area contributed by atoms with Gasteiger partial charge in [-0.2, -0.15) is 0 Å². The molecular formula is C30H27NO2Se2Si. The van der Waals surface area contributed by atoms with E-state index in [4.69, 9.17) is 0 Å².